The molecule has 1 atom stereocenters. The number of hydrogen-bond acceptors (Lipinski definition) is 2. The van der Waals surface area contributed by atoms with Gasteiger partial charge in [-0.15, -0.1) is 0 Å². The monoisotopic (exact) mass is 258 g/mol. The standard InChI is InChI=1S/C7H15IO2/c1-3-5-9-6-7(8)10-4-2/h7H,3-6H2,1-2H3. The van der Waals surface area contributed by atoms with Crippen molar-refractivity contribution >= 4 is 22.6 Å². The molecule has 62 valence electrons. The van der Waals surface area contributed by atoms with Crippen molar-refractivity contribution in [2.75, 3.05) is 19.8 Å². The van der Waals surface area contributed by atoms with Crippen molar-refractivity contribution in [3.05, 3.63) is 0 Å². The molecule has 0 rings (SSSR count). The van der Waals surface area contributed by atoms with Gasteiger partial charge in [0.05, 0.1) is 6.61 Å². The number of halogens is 1. The first-order chi connectivity index (χ1) is 4.81. The van der Waals surface area contributed by atoms with Crippen molar-refractivity contribution in [2.24, 2.45) is 0 Å². The Balaban J connectivity index is 2.97. The first kappa shape index (κ1) is 10.7. The Kier molecular flexibility index (Phi) is 8.26. The average molecular weight is 258 g/mol. The lowest BCUT2D eigenvalue weighted by Crippen LogP contribution is -2.12. The lowest BCUT2D eigenvalue weighted by atomic mass is 10.5. The molecule has 0 spiro atoms. The summed E-state index contributed by atoms with van der Waals surface area (Å²) < 4.78 is 10.7. The summed E-state index contributed by atoms with van der Waals surface area (Å²) in [5.74, 6) is 0. The van der Waals surface area contributed by atoms with Gasteiger partial charge in [0.1, 0.15) is 4.11 Å². The highest BCUT2D eigenvalue weighted by molar-refractivity contribution is 14.1. The van der Waals surface area contributed by atoms with E-state index >= 15 is 0 Å². The summed E-state index contributed by atoms with van der Waals surface area (Å²) in [6.07, 6.45) is 1.08. The number of hydrogen-bond donors (Lipinski definition) is 0. The van der Waals surface area contributed by atoms with Crippen LogP contribution in [-0.2, 0) is 9.47 Å². The van der Waals surface area contributed by atoms with Crippen LogP contribution in [0.1, 0.15) is 20.3 Å². The van der Waals surface area contributed by atoms with E-state index in [-0.39, 0.29) is 4.11 Å². The van der Waals surface area contributed by atoms with Crippen LogP contribution in [0.15, 0.2) is 0 Å². The third-order valence-electron chi connectivity index (χ3n) is 0.945. The van der Waals surface area contributed by atoms with E-state index in [0.717, 1.165) is 19.6 Å². The molecule has 0 aliphatic heterocycles. The van der Waals surface area contributed by atoms with Crippen molar-refractivity contribution in [1.82, 2.24) is 0 Å². The molecule has 0 N–H and O–H groups in total. The molecular weight excluding hydrogens is 243 g/mol. The summed E-state index contributed by atoms with van der Waals surface area (Å²) in [7, 11) is 0. The second-order valence-electron chi connectivity index (χ2n) is 1.94. The molecule has 0 fully saturated rings. The average Bonchev–Trinajstić information content (AvgIpc) is 1.89. The fraction of sp³-hybridized carbons (Fsp3) is 1.00. The topological polar surface area (TPSA) is 18.5 Å². The zero-order chi connectivity index (χ0) is 7.82. The van der Waals surface area contributed by atoms with E-state index in [0.29, 0.717) is 6.61 Å². The molecule has 1 unspecified atom stereocenters. The van der Waals surface area contributed by atoms with Gasteiger partial charge in [0, 0.05) is 13.2 Å². The molecule has 0 aliphatic rings. The molecular formula is C7H15IO2. The Morgan fingerprint density at radius 1 is 1.40 bits per heavy atom. The van der Waals surface area contributed by atoms with E-state index in [1.807, 2.05) is 6.92 Å². The SMILES string of the molecule is CCCOCC(I)OCC. The van der Waals surface area contributed by atoms with Crippen molar-refractivity contribution in [2.45, 2.75) is 24.4 Å². The molecule has 10 heavy (non-hydrogen) atoms. The molecule has 0 amide bonds. The van der Waals surface area contributed by atoms with E-state index < -0.39 is 0 Å². The molecule has 2 nitrogen and oxygen atoms in total. The smallest absolute Gasteiger partial charge is 0.132 e. The highest BCUT2D eigenvalue weighted by atomic mass is 127. The predicted octanol–water partition coefficient (Wildman–Crippen LogP) is 2.21. The van der Waals surface area contributed by atoms with Crippen LogP contribution < -0.4 is 0 Å². The van der Waals surface area contributed by atoms with Gasteiger partial charge in [-0.05, 0) is 35.9 Å². The van der Waals surface area contributed by atoms with Gasteiger partial charge >= 0.3 is 0 Å². The summed E-state index contributed by atoms with van der Waals surface area (Å²) >= 11 is 2.23. The van der Waals surface area contributed by atoms with Crippen LogP contribution in [-0.4, -0.2) is 23.9 Å². The molecule has 0 aliphatic carbocycles. The van der Waals surface area contributed by atoms with Crippen LogP contribution in [0.5, 0.6) is 0 Å². The highest BCUT2D eigenvalue weighted by Gasteiger charge is 2.00. The fourth-order valence-electron chi connectivity index (χ4n) is 0.549. The Bertz CT molecular complexity index is 68.6. The van der Waals surface area contributed by atoms with E-state index in [1.165, 1.54) is 0 Å². The molecule has 0 heterocycles. The van der Waals surface area contributed by atoms with Crippen molar-refractivity contribution in [3.63, 3.8) is 0 Å². The van der Waals surface area contributed by atoms with E-state index in [9.17, 15) is 0 Å². The van der Waals surface area contributed by atoms with Crippen LogP contribution in [0.25, 0.3) is 0 Å². The Morgan fingerprint density at radius 3 is 2.60 bits per heavy atom. The Labute approximate surface area is 76.4 Å². The third-order valence-corrected chi connectivity index (χ3v) is 1.66. The molecule has 0 aromatic carbocycles. The second kappa shape index (κ2) is 7.75. The van der Waals surface area contributed by atoms with Gasteiger partial charge in [-0.2, -0.15) is 0 Å². The summed E-state index contributed by atoms with van der Waals surface area (Å²) in [6, 6.07) is 0. The lowest BCUT2D eigenvalue weighted by molar-refractivity contribution is 0.0428. The summed E-state index contributed by atoms with van der Waals surface area (Å²) in [4.78, 5) is 0. The van der Waals surface area contributed by atoms with Gasteiger partial charge in [-0.3, -0.25) is 0 Å². The zero-order valence-electron chi connectivity index (χ0n) is 6.60. The zero-order valence-corrected chi connectivity index (χ0v) is 8.76. The van der Waals surface area contributed by atoms with Crippen LogP contribution in [0.3, 0.4) is 0 Å². The second-order valence-corrected chi connectivity index (χ2v) is 3.33. The van der Waals surface area contributed by atoms with Crippen LogP contribution in [0.4, 0.5) is 0 Å². The summed E-state index contributed by atoms with van der Waals surface area (Å²) in [6.45, 7) is 6.41. The molecule has 0 aromatic rings. The van der Waals surface area contributed by atoms with Gasteiger partial charge in [-0.25, -0.2) is 0 Å². The van der Waals surface area contributed by atoms with Gasteiger partial charge in [0.25, 0.3) is 0 Å². The van der Waals surface area contributed by atoms with E-state index in [2.05, 4.69) is 29.5 Å². The molecule has 0 bridgehead atoms. The first-order valence-corrected chi connectivity index (χ1v) is 4.89. The minimum Gasteiger partial charge on any atom is -0.378 e. The molecule has 3 heteroatoms. The summed E-state index contributed by atoms with van der Waals surface area (Å²) in [5.41, 5.74) is 0. The maximum atomic E-state index is 5.26. The minimum atomic E-state index is 0.217. The largest absolute Gasteiger partial charge is 0.378 e. The lowest BCUT2D eigenvalue weighted by Gasteiger charge is -2.09. The quantitative estimate of drug-likeness (QED) is 0.413. The number of ether oxygens (including phenoxy) is 2. The van der Waals surface area contributed by atoms with E-state index in [1.54, 1.807) is 0 Å². The third kappa shape index (κ3) is 6.77. The maximum absolute atomic E-state index is 5.26. The van der Waals surface area contributed by atoms with E-state index in [4.69, 9.17) is 9.47 Å². The van der Waals surface area contributed by atoms with Crippen molar-refractivity contribution in [3.8, 4) is 0 Å². The van der Waals surface area contributed by atoms with Gasteiger partial charge < -0.3 is 9.47 Å². The van der Waals surface area contributed by atoms with Gasteiger partial charge in [0.15, 0.2) is 0 Å². The van der Waals surface area contributed by atoms with Gasteiger partial charge in [0.2, 0.25) is 0 Å². The number of rotatable bonds is 6. The predicted molar refractivity (Wildman–Crippen MR) is 50.5 cm³/mol. The number of alkyl halides is 1. The molecule has 0 saturated heterocycles. The van der Waals surface area contributed by atoms with Crippen molar-refractivity contribution in [1.29, 1.82) is 0 Å². The van der Waals surface area contributed by atoms with Crippen molar-refractivity contribution < 1.29 is 9.47 Å². The fourth-order valence-corrected chi connectivity index (χ4v) is 1.16. The highest BCUT2D eigenvalue weighted by Crippen LogP contribution is 2.02. The maximum Gasteiger partial charge on any atom is 0.132 e. The summed E-state index contributed by atoms with van der Waals surface area (Å²) in [5, 5.41) is 0. The first-order valence-electron chi connectivity index (χ1n) is 3.64. The Morgan fingerprint density at radius 2 is 2.10 bits per heavy atom. The Hall–Kier alpha value is 0.650. The normalized spacial score (nSPS) is 13.5. The van der Waals surface area contributed by atoms with Gasteiger partial charge in [-0.1, -0.05) is 6.92 Å². The van der Waals surface area contributed by atoms with Crippen LogP contribution in [0, 0.1) is 0 Å². The van der Waals surface area contributed by atoms with Crippen LogP contribution in [0.2, 0.25) is 0 Å². The minimum absolute atomic E-state index is 0.217. The molecule has 0 saturated carbocycles. The molecule has 0 aromatic heterocycles. The van der Waals surface area contributed by atoms with Crippen LogP contribution >= 0.6 is 22.6 Å². The molecule has 0 radical (unpaired) electrons.